The number of carbonyl (C=O) groups excluding carboxylic acids is 1. The van der Waals surface area contributed by atoms with E-state index in [1.807, 2.05) is 24.0 Å². The van der Waals surface area contributed by atoms with Gasteiger partial charge in [0.15, 0.2) is 0 Å². The summed E-state index contributed by atoms with van der Waals surface area (Å²) in [5.74, 6) is 0.409. The number of nitrogens with one attached hydrogen (secondary N) is 1. The molecular weight excluding hydrogens is 346 g/mol. The van der Waals surface area contributed by atoms with E-state index in [9.17, 15) is 4.79 Å². The van der Waals surface area contributed by atoms with Crippen molar-refractivity contribution in [2.24, 2.45) is 7.05 Å². The van der Waals surface area contributed by atoms with E-state index >= 15 is 0 Å². The summed E-state index contributed by atoms with van der Waals surface area (Å²) < 4.78 is 1.85. The van der Waals surface area contributed by atoms with Gasteiger partial charge in [0.05, 0.1) is 11.1 Å². The minimum Gasteiger partial charge on any atom is -0.354 e. The molecule has 4 heterocycles. The summed E-state index contributed by atoms with van der Waals surface area (Å²) in [4.78, 5) is 21.1. The average molecular weight is 369 g/mol. The van der Waals surface area contributed by atoms with Gasteiger partial charge in [-0.15, -0.1) is 11.3 Å². The Hall–Kier alpha value is -2.25. The third-order valence-electron chi connectivity index (χ3n) is 5.10. The van der Waals surface area contributed by atoms with E-state index in [4.69, 9.17) is 0 Å². The maximum absolute atomic E-state index is 12.4. The van der Waals surface area contributed by atoms with Crippen LogP contribution in [0.2, 0.25) is 0 Å². The monoisotopic (exact) mass is 369 g/mol. The molecule has 1 amide bonds. The van der Waals surface area contributed by atoms with Gasteiger partial charge in [0.2, 0.25) is 0 Å². The number of piperidine rings is 1. The normalized spacial score (nSPS) is 16.2. The molecule has 136 valence electrons. The lowest BCUT2D eigenvalue weighted by molar-refractivity contribution is 0.0965. The maximum atomic E-state index is 12.4. The second kappa shape index (κ2) is 7.17. The van der Waals surface area contributed by atoms with E-state index in [-0.39, 0.29) is 5.91 Å². The van der Waals surface area contributed by atoms with Crippen LogP contribution in [0.3, 0.4) is 0 Å². The van der Waals surface area contributed by atoms with Gasteiger partial charge in [0.1, 0.15) is 4.83 Å². The molecule has 0 aromatic carbocycles. The summed E-state index contributed by atoms with van der Waals surface area (Å²) in [6, 6.07) is 4.06. The van der Waals surface area contributed by atoms with Crippen LogP contribution in [0.15, 0.2) is 30.7 Å². The molecule has 1 N–H and O–H groups in total. The minimum absolute atomic E-state index is 0.000731. The minimum atomic E-state index is 0.000731. The van der Waals surface area contributed by atoms with Crippen LogP contribution in [0.5, 0.6) is 0 Å². The third-order valence-corrected chi connectivity index (χ3v) is 6.23. The SMILES string of the molecule is CNC(=O)c1sc2ncccc2c1C1CCN(Cc2cnn(C)c2)CC1. The van der Waals surface area contributed by atoms with E-state index in [0.717, 1.165) is 47.6 Å². The highest BCUT2D eigenvalue weighted by Crippen LogP contribution is 2.39. The molecule has 0 saturated carbocycles. The second-order valence-corrected chi connectivity index (χ2v) is 7.85. The van der Waals surface area contributed by atoms with Gasteiger partial charge in [-0.3, -0.25) is 14.4 Å². The van der Waals surface area contributed by atoms with Gasteiger partial charge in [-0.1, -0.05) is 6.07 Å². The Morgan fingerprint density at radius 1 is 1.38 bits per heavy atom. The summed E-state index contributed by atoms with van der Waals surface area (Å²) in [6.07, 6.45) is 7.93. The highest BCUT2D eigenvalue weighted by atomic mass is 32.1. The number of nitrogens with zero attached hydrogens (tertiary/aromatic N) is 4. The number of thiophene rings is 1. The van der Waals surface area contributed by atoms with Gasteiger partial charge in [-0.2, -0.15) is 5.10 Å². The zero-order valence-electron chi connectivity index (χ0n) is 15.1. The fraction of sp³-hybridized carbons (Fsp3) is 0.421. The number of carbonyl (C=O) groups is 1. The molecule has 1 aliphatic heterocycles. The lowest BCUT2D eigenvalue weighted by Gasteiger charge is -2.32. The number of rotatable bonds is 4. The fourth-order valence-corrected chi connectivity index (χ4v) is 5.01. The molecule has 0 bridgehead atoms. The van der Waals surface area contributed by atoms with Gasteiger partial charge in [0.25, 0.3) is 5.91 Å². The quantitative estimate of drug-likeness (QED) is 0.768. The molecule has 1 fully saturated rings. The Bertz CT molecular complexity index is 923. The van der Waals surface area contributed by atoms with E-state index in [1.165, 1.54) is 22.5 Å². The number of aromatic nitrogens is 3. The van der Waals surface area contributed by atoms with Crippen LogP contribution in [-0.2, 0) is 13.6 Å². The molecule has 0 radical (unpaired) electrons. The summed E-state index contributed by atoms with van der Waals surface area (Å²) in [6.45, 7) is 3.00. The van der Waals surface area contributed by atoms with E-state index < -0.39 is 0 Å². The predicted molar refractivity (Wildman–Crippen MR) is 103 cm³/mol. The number of hydrogen-bond donors (Lipinski definition) is 1. The van der Waals surface area contributed by atoms with Gasteiger partial charge in [-0.25, -0.2) is 4.98 Å². The van der Waals surface area contributed by atoms with Crippen molar-refractivity contribution in [1.29, 1.82) is 0 Å². The zero-order chi connectivity index (χ0) is 18.1. The Labute approximate surface area is 156 Å². The first-order valence-electron chi connectivity index (χ1n) is 8.95. The van der Waals surface area contributed by atoms with Crippen molar-refractivity contribution >= 4 is 27.5 Å². The molecule has 4 rings (SSSR count). The van der Waals surface area contributed by atoms with E-state index in [1.54, 1.807) is 13.2 Å². The molecule has 6 nitrogen and oxygen atoms in total. The summed E-state index contributed by atoms with van der Waals surface area (Å²) >= 11 is 1.51. The Morgan fingerprint density at radius 3 is 2.88 bits per heavy atom. The number of likely N-dealkylation sites (tertiary alicyclic amines) is 1. The predicted octanol–water partition coefficient (Wildman–Crippen LogP) is 2.77. The maximum Gasteiger partial charge on any atom is 0.261 e. The van der Waals surface area contributed by atoms with E-state index in [2.05, 4.69) is 32.6 Å². The van der Waals surface area contributed by atoms with Crippen molar-refractivity contribution < 1.29 is 4.79 Å². The van der Waals surface area contributed by atoms with Gasteiger partial charge >= 0.3 is 0 Å². The number of hydrogen-bond acceptors (Lipinski definition) is 5. The second-order valence-electron chi connectivity index (χ2n) is 6.85. The standard InChI is InChI=1S/C19H23N5OS/c1-20-18(25)17-16(15-4-3-7-21-19(15)26-17)14-5-8-24(9-6-14)12-13-10-22-23(2)11-13/h3-4,7,10-11,14H,5-6,8-9,12H2,1-2H3,(H,20,25). The lowest BCUT2D eigenvalue weighted by atomic mass is 9.87. The molecular formula is C19H23N5OS. The molecule has 3 aromatic rings. The van der Waals surface area contributed by atoms with Gasteiger partial charge in [0, 0.05) is 44.0 Å². The first kappa shape index (κ1) is 17.2. The summed E-state index contributed by atoms with van der Waals surface area (Å²) in [5.41, 5.74) is 2.45. The Kier molecular flexibility index (Phi) is 4.74. The van der Waals surface area contributed by atoms with Crippen molar-refractivity contribution in [1.82, 2.24) is 25.0 Å². The Morgan fingerprint density at radius 2 is 2.19 bits per heavy atom. The van der Waals surface area contributed by atoms with Crippen molar-refractivity contribution in [2.45, 2.75) is 25.3 Å². The highest BCUT2D eigenvalue weighted by Gasteiger charge is 2.28. The van der Waals surface area contributed by atoms with Crippen LogP contribution in [0.4, 0.5) is 0 Å². The van der Waals surface area contributed by atoms with Crippen molar-refractivity contribution in [2.75, 3.05) is 20.1 Å². The molecule has 1 saturated heterocycles. The first-order valence-corrected chi connectivity index (χ1v) is 9.76. The van der Waals surface area contributed by atoms with Crippen LogP contribution in [0.25, 0.3) is 10.2 Å². The van der Waals surface area contributed by atoms with Crippen molar-refractivity contribution in [3.63, 3.8) is 0 Å². The fourth-order valence-electron chi connectivity index (χ4n) is 3.83. The molecule has 26 heavy (non-hydrogen) atoms. The van der Waals surface area contributed by atoms with Crippen LogP contribution < -0.4 is 5.32 Å². The molecule has 0 unspecified atom stereocenters. The molecule has 7 heteroatoms. The topological polar surface area (TPSA) is 63.1 Å². The van der Waals surface area contributed by atoms with Crippen LogP contribution >= 0.6 is 11.3 Å². The molecule has 0 atom stereocenters. The Balaban J connectivity index is 1.54. The molecule has 1 aliphatic rings. The summed E-state index contributed by atoms with van der Waals surface area (Å²) in [5, 5.41) is 8.18. The number of aryl methyl sites for hydroxylation is 1. The van der Waals surface area contributed by atoms with Crippen LogP contribution in [0, 0.1) is 0 Å². The smallest absolute Gasteiger partial charge is 0.261 e. The first-order chi connectivity index (χ1) is 12.7. The summed E-state index contributed by atoms with van der Waals surface area (Å²) in [7, 11) is 3.65. The third kappa shape index (κ3) is 3.24. The zero-order valence-corrected chi connectivity index (χ0v) is 15.9. The molecule has 0 spiro atoms. The number of pyridine rings is 1. The molecule has 0 aliphatic carbocycles. The van der Waals surface area contributed by atoms with Crippen LogP contribution in [0.1, 0.15) is 39.6 Å². The number of amides is 1. The lowest BCUT2D eigenvalue weighted by Crippen LogP contribution is -2.33. The average Bonchev–Trinajstić information content (AvgIpc) is 3.25. The largest absolute Gasteiger partial charge is 0.354 e. The van der Waals surface area contributed by atoms with Gasteiger partial charge in [-0.05, 0) is 43.5 Å². The highest BCUT2D eigenvalue weighted by molar-refractivity contribution is 7.20. The van der Waals surface area contributed by atoms with Gasteiger partial charge < -0.3 is 5.32 Å². The number of fused-ring (bicyclic) bond motifs is 1. The van der Waals surface area contributed by atoms with E-state index in [0.29, 0.717) is 5.92 Å². The van der Waals surface area contributed by atoms with Crippen LogP contribution in [-0.4, -0.2) is 45.7 Å². The van der Waals surface area contributed by atoms with Crippen molar-refractivity contribution in [3.8, 4) is 0 Å². The molecule has 3 aromatic heterocycles. The van der Waals surface area contributed by atoms with Crippen molar-refractivity contribution in [3.05, 3.63) is 46.7 Å².